The number of hydrogen-bond acceptors (Lipinski definition) is 6. The zero-order valence-corrected chi connectivity index (χ0v) is 14.3. The van der Waals surface area contributed by atoms with Crippen LogP contribution in [0.1, 0.15) is 79.3 Å². The number of methoxy groups -OCH3 is 2. The van der Waals surface area contributed by atoms with Crippen LogP contribution < -0.4 is 0 Å². The van der Waals surface area contributed by atoms with Gasteiger partial charge in [0.25, 0.3) is 0 Å². The van der Waals surface area contributed by atoms with Gasteiger partial charge in [0.15, 0.2) is 5.69 Å². The van der Waals surface area contributed by atoms with Gasteiger partial charge in [-0.25, -0.2) is 14.3 Å². The van der Waals surface area contributed by atoms with E-state index >= 15 is 0 Å². The molecular weight excluding hydrogens is 298 g/mol. The summed E-state index contributed by atoms with van der Waals surface area (Å²) in [6.45, 7) is 2.74. The van der Waals surface area contributed by atoms with Gasteiger partial charge in [-0.1, -0.05) is 57.1 Å². The summed E-state index contributed by atoms with van der Waals surface area (Å²) in [5.41, 5.74) is -0.0405. The Morgan fingerprint density at radius 2 is 1.48 bits per heavy atom. The molecule has 0 aliphatic rings. The van der Waals surface area contributed by atoms with Crippen LogP contribution in [-0.4, -0.2) is 41.2 Å². The Kier molecular flexibility index (Phi) is 8.94. The Morgan fingerprint density at radius 1 is 0.913 bits per heavy atom. The monoisotopic (exact) mass is 325 g/mol. The van der Waals surface area contributed by atoms with Gasteiger partial charge in [-0.05, 0) is 6.42 Å². The van der Waals surface area contributed by atoms with Gasteiger partial charge >= 0.3 is 11.9 Å². The molecule has 0 spiro atoms. The first-order valence-electron chi connectivity index (χ1n) is 8.25. The molecule has 130 valence electrons. The summed E-state index contributed by atoms with van der Waals surface area (Å²) < 4.78 is 10.7. The minimum Gasteiger partial charge on any atom is -0.464 e. The predicted octanol–water partition coefficient (Wildman–Crippen LogP) is 2.99. The summed E-state index contributed by atoms with van der Waals surface area (Å²) in [5, 5.41) is 7.62. The molecular formula is C16H27N3O4. The molecule has 0 amide bonds. The maximum Gasteiger partial charge on any atom is 0.361 e. The fourth-order valence-corrected chi connectivity index (χ4v) is 2.40. The van der Waals surface area contributed by atoms with Crippen molar-refractivity contribution in [2.75, 3.05) is 14.2 Å². The van der Waals surface area contributed by atoms with Gasteiger partial charge in [-0.15, -0.1) is 5.10 Å². The maximum absolute atomic E-state index is 11.8. The maximum atomic E-state index is 11.8. The number of hydrogen-bond donors (Lipinski definition) is 0. The highest BCUT2D eigenvalue weighted by atomic mass is 16.5. The number of carbonyl (C=O) groups excluding carboxylic acids is 2. The van der Waals surface area contributed by atoms with Crippen molar-refractivity contribution < 1.29 is 19.1 Å². The normalized spacial score (nSPS) is 10.6. The molecule has 1 heterocycles. The van der Waals surface area contributed by atoms with E-state index in [0.717, 1.165) is 19.3 Å². The second-order valence-corrected chi connectivity index (χ2v) is 5.47. The molecule has 1 aromatic rings. The third kappa shape index (κ3) is 6.00. The molecule has 7 heteroatoms. The van der Waals surface area contributed by atoms with E-state index in [-0.39, 0.29) is 11.4 Å². The molecule has 0 aromatic carbocycles. The summed E-state index contributed by atoms with van der Waals surface area (Å²) in [5.74, 6) is -1.32. The van der Waals surface area contributed by atoms with Crippen LogP contribution in [0.3, 0.4) is 0 Å². The van der Waals surface area contributed by atoms with Crippen molar-refractivity contribution in [1.29, 1.82) is 0 Å². The first-order valence-corrected chi connectivity index (χ1v) is 8.25. The van der Waals surface area contributed by atoms with Gasteiger partial charge in [0.1, 0.15) is 0 Å². The van der Waals surface area contributed by atoms with Gasteiger partial charge < -0.3 is 9.47 Å². The molecule has 0 bridgehead atoms. The number of nitrogens with zero attached hydrogens (tertiary/aromatic N) is 3. The van der Waals surface area contributed by atoms with E-state index in [0.29, 0.717) is 6.54 Å². The van der Waals surface area contributed by atoms with Crippen LogP contribution in [0.2, 0.25) is 0 Å². The summed E-state index contributed by atoms with van der Waals surface area (Å²) in [4.78, 5) is 23.5. The molecule has 0 aliphatic heterocycles. The smallest absolute Gasteiger partial charge is 0.361 e. The van der Waals surface area contributed by atoms with Crippen molar-refractivity contribution in [2.45, 2.75) is 64.8 Å². The lowest BCUT2D eigenvalue weighted by atomic mass is 10.1. The average molecular weight is 325 g/mol. The van der Waals surface area contributed by atoms with Crippen LogP contribution in [0, 0.1) is 0 Å². The Hall–Kier alpha value is -1.92. The summed E-state index contributed by atoms with van der Waals surface area (Å²) >= 11 is 0. The molecule has 0 aliphatic carbocycles. The van der Waals surface area contributed by atoms with Crippen molar-refractivity contribution in [3.8, 4) is 0 Å². The van der Waals surface area contributed by atoms with Crippen LogP contribution in [0.5, 0.6) is 0 Å². The Morgan fingerprint density at radius 3 is 2.04 bits per heavy atom. The van der Waals surface area contributed by atoms with Gasteiger partial charge in [0, 0.05) is 6.54 Å². The molecule has 0 fully saturated rings. The lowest BCUT2D eigenvalue weighted by Crippen LogP contribution is -2.16. The number of rotatable bonds is 11. The number of carbonyl (C=O) groups is 2. The van der Waals surface area contributed by atoms with E-state index in [4.69, 9.17) is 4.74 Å². The second-order valence-electron chi connectivity index (χ2n) is 5.47. The van der Waals surface area contributed by atoms with Crippen molar-refractivity contribution in [3.63, 3.8) is 0 Å². The van der Waals surface area contributed by atoms with Gasteiger partial charge in [-0.3, -0.25) is 0 Å². The molecule has 0 N–H and O–H groups in total. The average Bonchev–Trinajstić information content (AvgIpc) is 2.99. The largest absolute Gasteiger partial charge is 0.464 e. The summed E-state index contributed by atoms with van der Waals surface area (Å²) in [6.07, 6.45) is 9.46. The van der Waals surface area contributed by atoms with E-state index in [1.165, 1.54) is 51.0 Å². The first kappa shape index (κ1) is 19.1. The van der Waals surface area contributed by atoms with Gasteiger partial charge in [0.2, 0.25) is 5.69 Å². The Bertz CT molecular complexity index is 500. The van der Waals surface area contributed by atoms with Crippen LogP contribution >= 0.6 is 0 Å². The number of aryl methyl sites for hydroxylation is 1. The highest BCUT2D eigenvalue weighted by Crippen LogP contribution is 2.12. The van der Waals surface area contributed by atoms with E-state index in [1.54, 1.807) is 0 Å². The van der Waals surface area contributed by atoms with Crippen LogP contribution in [0.25, 0.3) is 0 Å². The highest BCUT2D eigenvalue weighted by molar-refractivity contribution is 6.00. The van der Waals surface area contributed by atoms with Crippen LogP contribution in [0.4, 0.5) is 0 Å². The SMILES string of the molecule is CCCCCCCCCCn1nnc(C(=O)OC)c1C(=O)OC. The zero-order valence-electron chi connectivity index (χ0n) is 14.3. The highest BCUT2D eigenvalue weighted by Gasteiger charge is 2.26. The number of ether oxygens (including phenoxy) is 2. The molecule has 7 nitrogen and oxygen atoms in total. The van der Waals surface area contributed by atoms with Gasteiger partial charge in [0.05, 0.1) is 14.2 Å². The molecule has 0 saturated carbocycles. The minimum absolute atomic E-state index is 0.0577. The Labute approximate surface area is 137 Å². The van der Waals surface area contributed by atoms with Crippen molar-refractivity contribution in [1.82, 2.24) is 15.0 Å². The van der Waals surface area contributed by atoms with E-state index in [2.05, 4.69) is 22.0 Å². The molecule has 0 radical (unpaired) electrons. The molecule has 0 atom stereocenters. The van der Waals surface area contributed by atoms with Crippen LogP contribution in [-0.2, 0) is 16.0 Å². The first-order chi connectivity index (χ1) is 11.2. The Balaban J connectivity index is 2.49. The van der Waals surface area contributed by atoms with Gasteiger partial charge in [-0.2, -0.15) is 0 Å². The quantitative estimate of drug-likeness (QED) is 0.459. The van der Waals surface area contributed by atoms with Crippen molar-refractivity contribution in [2.24, 2.45) is 0 Å². The molecule has 0 saturated heterocycles. The second kappa shape index (κ2) is 10.7. The molecule has 1 rings (SSSR count). The van der Waals surface area contributed by atoms with Crippen LogP contribution in [0.15, 0.2) is 0 Å². The molecule has 1 aromatic heterocycles. The molecule has 0 unspecified atom stereocenters. The standard InChI is InChI=1S/C16H27N3O4/c1-4-5-6-7-8-9-10-11-12-19-14(16(21)23-3)13(17-18-19)15(20)22-2/h4-12H2,1-3H3. The number of unbranched alkanes of at least 4 members (excludes halogenated alkanes) is 7. The summed E-state index contributed by atoms with van der Waals surface area (Å²) in [7, 11) is 2.50. The lowest BCUT2D eigenvalue weighted by Gasteiger charge is -2.06. The third-order valence-electron chi connectivity index (χ3n) is 3.72. The fraction of sp³-hybridized carbons (Fsp3) is 0.750. The van der Waals surface area contributed by atoms with E-state index < -0.39 is 11.9 Å². The topological polar surface area (TPSA) is 83.3 Å². The fourth-order valence-electron chi connectivity index (χ4n) is 2.40. The molecule has 23 heavy (non-hydrogen) atoms. The minimum atomic E-state index is -0.687. The zero-order chi connectivity index (χ0) is 17.1. The lowest BCUT2D eigenvalue weighted by molar-refractivity contribution is 0.0543. The summed E-state index contributed by atoms with van der Waals surface area (Å²) in [6, 6.07) is 0. The van der Waals surface area contributed by atoms with E-state index in [9.17, 15) is 9.59 Å². The third-order valence-corrected chi connectivity index (χ3v) is 3.72. The predicted molar refractivity (Wildman–Crippen MR) is 85.3 cm³/mol. The number of esters is 2. The van der Waals surface area contributed by atoms with Crippen molar-refractivity contribution >= 4 is 11.9 Å². The van der Waals surface area contributed by atoms with E-state index in [1.807, 2.05) is 0 Å². The number of aromatic nitrogens is 3. The van der Waals surface area contributed by atoms with Crippen molar-refractivity contribution in [3.05, 3.63) is 11.4 Å².